The average molecular weight is 205 g/mol. The number of fused-ring (bicyclic) bond motifs is 1. The molecule has 1 unspecified atom stereocenters. The summed E-state index contributed by atoms with van der Waals surface area (Å²) in [7, 11) is 0. The van der Waals surface area contributed by atoms with E-state index >= 15 is 0 Å². The van der Waals surface area contributed by atoms with Gasteiger partial charge in [0.1, 0.15) is 11.6 Å². The molecule has 1 fully saturated rings. The van der Waals surface area contributed by atoms with E-state index in [0.717, 1.165) is 31.0 Å². The van der Waals surface area contributed by atoms with E-state index in [9.17, 15) is 4.79 Å². The third kappa shape index (κ3) is 1.58. The topological polar surface area (TPSA) is 47.8 Å². The molecule has 1 aliphatic carbocycles. The van der Waals surface area contributed by atoms with Gasteiger partial charge >= 0.3 is 0 Å². The number of carbonyl (C=O) groups excluding carboxylic acids is 1. The lowest BCUT2D eigenvalue weighted by Gasteiger charge is -2.19. The van der Waals surface area contributed by atoms with E-state index in [1.807, 2.05) is 4.68 Å². The lowest BCUT2D eigenvalue weighted by atomic mass is 9.94. The van der Waals surface area contributed by atoms with Crippen molar-refractivity contribution in [2.45, 2.75) is 45.1 Å². The molecule has 1 aromatic heterocycles. The van der Waals surface area contributed by atoms with Crippen molar-refractivity contribution < 1.29 is 4.79 Å². The fourth-order valence-electron chi connectivity index (χ4n) is 2.19. The Morgan fingerprint density at radius 1 is 1.40 bits per heavy atom. The number of nitrogens with zero attached hydrogens (tertiary/aromatic N) is 3. The summed E-state index contributed by atoms with van der Waals surface area (Å²) in [5.74, 6) is 3.10. The Bertz CT molecular complexity index is 406. The molecule has 1 atom stereocenters. The summed E-state index contributed by atoms with van der Waals surface area (Å²) >= 11 is 0. The Balaban J connectivity index is 1.85. The van der Waals surface area contributed by atoms with Crippen LogP contribution in [0.2, 0.25) is 0 Å². The van der Waals surface area contributed by atoms with Gasteiger partial charge in [-0.2, -0.15) is 5.10 Å². The molecule has 0 bridgehead atoms. The normalized spacial score (nSPS) is 25.0. The molecule has 1 aromatic rings. The first-order valence-electron chi connectivity index (χ1n) is 5.68. The fourth-order valence-corrected chi connectivity index (χ4v) is 2.19. The Labute approximate surface area is 88.7 Å². The third-order valence-corrected chi connectivity index (χ3v) is 3.40. The Morgan fingerprint density at radius 2 is 2.20 bits per heavy atom. The molecule has 15 heavy (non-hydrogen) atoms. The largest absolute Gasteiger partial charge is 0.300 e. The zero-order chi connectivity index (χ0) is 10.4. The van der Waals surface area contributed by atoms with Gasteiger partial charge in [0.15, 0.2) is 5.82 Å². The number of hydrogen-bond donors (Lipinski definition) is 0. The predicted molar refractivity (Wildman–Crippen MR) is 54.5 cm³/mol. The van der Waals surface area contributed by atoms with Crippen molar-refractivity contribution >= 4 is 5.78 Å². The molecule has 0 spiro atoms. The van der Waals surface area contributed by atoms with E-state index in [1.54, 1.807) is 6.92 Å². The molecule has 4 nitrogen and oxygen atoms in total. The van der Waals surface area contributed by atoms with Crippen molar-refractivity contribution in [1.29, 1.82) is 0 Å². The standard InChI is InChI=1S/C11H15N3O/c1-7(15)9-4-5-14-10(6-9)12-11(13-14)8-2-3-8/h8-9H,2-6H2,1H3. The van der Waals surface area contributed by atoms with E-state index < -0.39 is 0 Å². The molecular weight excluding hydrogens is 190 g/mol. The fraction of sp³-hybridized carbons (Fsp3) is 0.727. The molecule has 2 aliphatic rings. The quantitative estimate of drug-likeness (QED) is 0.731. The van der Waals surface area contributed by atoms with Crippen LogP contribution >= 0.6 is 0 Å². The van der Waals surface area contributed by atoms with Crippen LogP contribution in [0.1, 0.15) is 43.8 Å². The van der Waals surface area contributed by atoms with Crippen LogP contribution in [-0.4, -0.2) is 20.5 Å². The average Bonchev–Trinajstić information content (AvgIpc) is 2.97. The number of aromatic nitrogens is 3. The van der Waals surface area contributed by atoms with Crippen LogP contribution in [0.5, 0.6) is 0 Å². The molecule has 3 rings (SSSR count). The minimum Gasteiger partial charge on any atom is -0.300 e. The first-order chi connectivity index (χ1) is 7.24. The maximum Gasteiger partial charge on any atom is 0.154 e. The summed E-state index contributed by atoms with van der Waals surface area (Å²) in [6.45, 7) is 2.54. The van der Waals surface area contributed by atoms with Crippen LogP contribution in [0.4, 0.5) is 0 Å². The minimum atomic E-state index is 0.175. The maximum atomic E-state index is 11.3. The number of rotatable bonds is 2. The molecule has 1 aliphatic heterocycles. The van der Waals surface area contributed by atoms with Crippen molar-refractivity contribution in [3.63, 3.8) is 0 Å². The first kappa shape index (κ1) is 9.07. The number of ketones is 1. The monoisotopic (exact) mass is 205 g/mol. The molecule has 0 radical (unpaired) electrons. The van der Waals surface area contributed by atoms with Crippen LogP contribution in [-0.2, 0) is 17.8 Å². The van der Waals surface area contributed by atoms with Gasteiger partial charge in [-0.25, -0.2) is 9.67 Å². The summed E-state index contributed by atoms with van der Waals surface area (Å²) in [6, 6.07) is 0. The molecule has 0 amide bonds. The first-order valence-corrected chi connectivity index (χ1v) is 5.68. The van der Waals surface area contributed by atoms with Crippen LogP contribution in [0.3, 0.4) is 0 Å². The van der Waals surface area contributed by atoms with Crippen LogP contribution in [0.15, 0.2) is 0 Å². The highest BCUT2D eigenvalue weighted by atomic mass is 16.1. The molecule has 0 N–H and O–H groups in total. The van der Waals surface area contributed by atoms with Crippen molar-refractivity contribution in [2.75, 3.05) is 0 Å². The van der Waals surface area contributed by atoms with Gasteiger partial charge in [-0.1, -0.05) is 0 Å². The van der Waals surface area contributed by atoms with E-state index in [4.69, 9.17) is 0 Å². The van der Waals surface area contributed by atoms with Gasteiger partial charge in [-0.3, -0.25) is 4.79 Å². The lowest BCUT2D eigenvalue weighted by Crippen LogP contribution is -2.24. The SMILES string of the molecule is CC(=O)C1CCn2nc(C3CC3)nc2C1. The number of carbonyl (C=O) groups is 1. The molecule has 1 saturated carbocycles. The van der Waals surface area contributed by atoms with Crippen molar-refractivity contribution in [2.24, 2.45) is 5.92 Å². The van der Waals surface area contributed by atoms with E-state index in [0.29, 0.717) is 5.92 Å². The van der Waals surface area contributed by atoms with Crippen molar-refractivity contribution in [1.82, 2.24) is 14.8 Å². The minimum absolute atomic E-state index is 0.175. The molecule has 0 aromatic carbocycles. The zero-order valence-electron chi connectivity index (χ0n) is 8.94. The van der Waals surface area contributed by atoms with Gasteiger partial charge in [0, 0.05) is 24.8 Å². The number of aryl methyl sites for hydroxylation is 1. The smallest absolute Gasteiger partial charge is 0.154 e. The van der Waals surface area contributed by atoms with Gasteiger partial charge in [0.05, 0.1) is 0 Å². The van der Waals surface area contributed by atoms with Gasteiger partial charge < -0.3 is 0 Å². The summed E-state index contributed by atoms with van der Waals surface area (Å²) in [5, 5.41) is 4.50. The molecule has 0 saturated heterocycles. The predicted octanol–water partition coefficient (Wildman–Crippen LogP) is 1.31. The van der Waals surface area contributed by atoms with Crippen molar-refractivity contribution in [3.8, 4) is 0 Å². The second-order valence-corrected chi connectivity index (χ2v) is 4.68. The van der Waals surface area contributed by atoms with Crippen LogP contribution in [0, 0.1) is 5.92 Å². The summed E-state index contributed by atoms with van der Waals surface area (Å²) in [6.07, 6.45) is 4.18. The van der Waals surface area contributed by atoms with Gasteiger partial charge in [-0.05, 0) is 26.2 Å². The number of hydrogen-bond acceptors (Lipinski definition) is 3. The summed E-state index contributed by atoms with van der Waals surface area (Å²) in [4.78, 5) is 15.8. The second kappa shape index (κ2) is 3.15. The molecule has 4 heteroatoms. The second-order valence-electron chi connectivity index (χ2n) is 4.68. The molecule has 2 heterocycles. The Kier molecular flexibility index (Phi) is 1.90. The van der Waals surface area contributed by atoms with E-state index in [2.05, 4.69) is 10.1 Å². The van der Waals surface area contributed by atoms with E-state index in [-0.39, 0.29) is 11.7 Å². The zero-order valence-corrected chi connectivity index (χ0v) is 8.94. The number of Topliss-reactive ketones (excluding diaryl/α,β-unsaturated/α-hetero) is 1. The highest BCUT2D eigenvalue weighted by Crippen LogP contribution is 2.38. The summed E-state index contributed by atoms with van der Waals surface area (Å²) in [5.41, 5.74) is 0. The molecular formula is C11H15N3O. The Morgan fingerprint density at radius 3 is 2.87 bits per heavy atom. The maximum absolute atomic E-state index is 11.3. The third-order valence-electron chi connectivity index (χ3n) is 3.40. The van der Waals surface area contributed by atoms with Gasteiger partial charge in [0.2, 0.25) is 0 Å². The summed E-state index contributed by atoms with van der Waals surface area (Å²) < 4.78 is 1.99. The Hall–Kier alpha value is -1.19. The van der Waals surface area contributed by atoms with Gasteiger partial charge in [-0.15, -0.1) is 0 Å². The molecule has 80 valence electrons. The van der Waals surface area contributed by atoms with E-state index in [1.165, 1.54) is 12.8 Å². The van der Waals surface area contributed by atoms with Crippen LogP contribution in [0.25, 0.3) is 0 Å². The van der Waals surface area contributed by atoms with Gasteiger partial charge in [0.25, 0.3) is 0 Å². The highest BCUT2D eigenvalue weighted by Gasteiger charge is 2.31. The lowest BCUT2D eigenvalue weighted by molar-refractivity contribution is -0.121. The highest BCUT2D eigenvalue weighted by molar-refractivity contribution is 5.78. The van der Waals surface area contributed by atoms with Crippen molar-refractivity contribution in [3.05, 3.63) is 11.6 Å². The van der Waals surface area contributed by atoms with Crippen LogP contribution < -0.4 is 0 Å².